The van der Waals surface area contributed by atoms with E-state index in [9.17, 15) is 14.4 Å². The number of nitrogens with one attached hydrogen (secondary N) is 1. The Balaban J connectivity index is 2.00. The van der Waals surface area contributed by atoms with E-state index >= 15 is 0 Å². The van der Waals surface area contributed by atoms with Crippen molar-refractivity contribution in [3.05, 3.63) is 58.0 Å². The fourth-order valence-corrected chi connectivity index (χ4v) is 2.55. The van der Waals surface area contributed by atoms with E-state index in [0.717, 1.165) is 0 Å². The summed E-state index contributed by atoms with van der Waals surface area (Å²) in [6.07, 6.45) is -0.145. The number of carbonyl (C=O) groups excluding carboxylic acids is 3. The van der Waals surface area contributed by atoms with Crippen molar-refractivity contribution in [3.63, 3.8) is 0 Å². The third-order valence-corrected chi connectivity index (χ3v) is 3.96. The molecule has 2 aromatic rings. The van der Waals surface area contributed by atoms with E-state index in [1.54, 1.807) is 31.2 Å². The van der Waals surface area contributed by atoms with Crippen LogP contribution in [-0.4, -0.2) is 25.1 Å². The minimum atomic E-state index is -0.771. The molecule has 0 saturated heterocycles. The molecule has 0 aliphatic carbocycles. The summed E-state index contributed by atoms with van der Waals surface area (Å²) in [4.78, 5) is 34.9. The number of amides is 2. The van der Waals surface area contributed by atoms with Crippen LogP contribution in [0.5, 0.6) is 0 Å². The summed E-state index contributed by atoms with van der Waals surface area (Å²) >= 11 is 5.85. The lowest BCUT2D eigenvalue weighted by Crippen LogP contribution is -2.34. The van der Waals surface area contributed by atoms with Gasteiger partial charge in [-0.1, -0.05) is 23.7 Å². The Bertz CT molecular complexity index is 831. The number of primary amides is 1. The number of rotatable bonds is 7. The number of halogens is 1. The molecular formula is C18H19ClN2O6. The van der Waals surface area contributed by atoms with Gasteiger partial charge in [-0.3, -0.25) is 4.79 Å². The van der Waals surface area contributed by atoms with Crippen LogP contribution >= 0.6 is 11.6 Å². The molecule has 9 heteroatoms. The van der Waals surface area contributed by atoms with Crippen LogP contribution in [0.25, 0.3) is 0 Å². The molecule has 27 heavy (non-hydrogen) atoms. The fraction of sp³-hybridized carbons (Fsp3) is 0.278. The molecule has 2 rings (SSSR count). The molecule has 1 aromatic heterocycles. The Hall–Kier alpha value is -3.00. The lowest BCUT2D eigenvalue weighted by atomic mass is 10.0. The average molecular weight is 395 g/mol. The Kier molecular flexibility index (Phi) is 6.84. The van der Waals surface area contributed by atoms with Gasteiger partial charge in [-0.15, -0.1) is 0 Å². The summed E-state index contributed by atoms with van der Waals surface area (Å²) in [6, 6.07) is 6.63. The number of aryl methyl sites for hydroxylation is 1. The van der Waals surface area contributed by atoms with Crippen LogP contribution in [0, 0.1) is 6.92 Å². The van der Waals surface area contributed by atoms with E-state index in [1.807, 2.05) is 0 Å². The second-order valence-electron chi connectivity index (χ2n) is 5.65. The van der Waals surface area contributed by atoms with Crippen molar-refractivity contribution in [1.82, 2.24) is 5.32 Å². The molecule has 0 bridgehead atoms. The number of ether oxygens (including phenoxy) is 2. The first-order valence-electron chi connectivity index (χ1n) is 7.94. The first kappa shape index (κ1) is 20.3. The number of benzene rings is 1. The zero-order valence-corrected chi connectivity index (χ0v) is 15.5. The first-order valence-corrected chi connectivity index (χ1v) is 8.32. The van der Waals surface area contributed by atoms with Gasteiger partial charge in [0.15, 0.2) is 0 Å². The van der Waals surface area contributed by atoms with Crippen molar-refractivity contribution in [2.45, 2.75) is 26.0 Å². The molecule has 0 spiro atoms. The van der Waals surface area contributed by atoms with E-state index in [2.05, 4.69) is 10.1 Å². The number of furan rings is 1. The molecule has 0 aliphatic rings. The molecular weight excluding hydrogens is 376 g/mol. The van der Waals surface area contributed by atoms with Gasteiger partial charge in [0.05, 0.1) is 19.6 Å². The molecule has 8 nitrogen and oxygen atoms in total. The normalized spacial score (nSPS) is 11.5. The van der Waals surface area contributed by atoms with Crippen LogP contribution in [0.2, 0.25) is 5.02 Å². The lowest BCUT2D eigenvalue weighted by Gasteiger charge is -2.17. The molecule has 1 atom stereocenters. The van der Waals surface area contributed by atoms with Crippen molar-refractivity contribution in [3.8, 4) is 0 Å². The van der Waals surface area contributed by atoms with Crippen LogP contribution in [0.1, 0.15) is 39.9 Å². The minimum Gasteiger partial charge on any atom is -0.465 e. The van der Waals surface area contributed by atoms with Gasteiger partial charge in [0.2, 0.25) is 0 Å². The maximum atomic E-state index is 12.2. The van der Waals surface area contributed by atoms with Crippen molar-refractivity contribution in [2.24, 2.45) is 5.73 Å². The predicted octanol–water partition coefficient (Wildman–Crippen LogP) is 2.87. The summed E-state index contributed by atoms with van der Waals surface area (Å²) in [5.41, 5.74) is 6.09. The van der Waals surface area contributed by atoms with E-state index in [4.69, 9.17) is 26.5 Å². The van der Waals surface area contributed by atoms with Crippen molar-refractivity contribution < 1.29 is 28.3 Å². The van der Waals surface area contributed by atoms with Gasteiger partial charge in [0, 0.05) is 5.02 Å². The number of hydrogen-bond donors (Lipinski definition) is 2. The quantitative estimate of drug-likeness (QED) is 0.696. The third-order valence-electron chi connectivity index (χ3n) is 3.71. The third kappa shape index (κ3) is 5.75. The highest BCUT2D eigenvalue weighted by molar-refractivity contribution is 6.30. The molecule has 0 saturated carbocycles. The van der Waals surface area contributed by atoms with Gasteiger partial charge >= 0.3 is 18.0 Å². The highest BCUT2D eigenvalue weighted by Gasteiger charge is 2.20. The minimum absolute atomic E-state index is 0.145. The van der Waals surface area contributed by atoms with Gasteiger partial charge in [0.1, 0.15) is 23.7 Å². The number of nitrogens with two attached hydrogens (primary N) is 1. The maximum absolute atomic E-state index is 12.2. The van der Waals surface area contributed by atoms with Gasteiger partial charge < -0.3 is 24.9 Å². The van der Waals surface area contributed by atoms with Gasteiger partial charge in [-0.2, -0.15) is 0 Å². The van der Waals surface area contributed by atoms with Crippen LogP contribution in [-0.2, 0) is 20.9 Å². The Morgan fingerprint density at radius 1 is 1.26 bits per heavy atom. The zero-order valence-electron chi connectivity index (χ0n) is 14.8. The van der Waals surface area contributed by atoms with Crippen molar-refractivity contribution in [2.75, 3.05) is 7.11 Å². The Labute approximate surface area is 160 Å². The average Bonchev–Trinajstić information content (AvgIpc) is 3.00. The molecule has 0 aliphatic heterocycles. The van der Waals surface area contributed by atoms with E-state index in [-0.39, 0.29) is 18.6 Å². The predicted molar refractivity (Wildman–Crippen MR) is 96.1 cm³/mol. The molecule has 0 unspecified atom stereocenters. The van der Waals surface area contributed by atoms with E-state index < -0.39 is 24.0 Å². The van der Waals surface area contributed by atoms with Gasteiger partial charge in [-0.05, 0) is 30.7 Å². The number of methoxy groups -OCH3 is 1. The van der Waals surface area contributed by atoms with Crippen LogP contribution in [0.3, 0.4) is 0 Å². The van der Waals surface area contributed by atoms with E-state index in [0.29, 0.717) is 22.1 Å². The fourth-order valence-electron chi connectivity index (χ4n) is 2.42. The van der Waals surface area contributed by atoms with Gasteiger partial charge in [-0.25, -0.2) is 9.59 Å². The zero-order chi connectivity index (χ0) is 20.0. The SMILES string of the molecule is COC(=O)c1cc(COC(=O)C[C@@H](NC(N)=O)c2ccc(Cl)cc2)oc1C. The summed E-state index contributed by atoms with van der Waals surface area (Å²) in [6.45, 7) is 1.44. The Morgan fingerprint density at radius 2 is 1.93 bits per heavy atom. The molecule has 144 valence electrons. The number of carbonyl (C=O) groups is 3. The molecule has 0 fully saturated rings. The van der Waals surface area contributed by atoms with Crippen LogP contribution in [0.15, 0.2) is 34.7 Å². The highest BCUT2D eigenvalue weighted by atomic mass is 35.5. The number of hydrogen-bond acceptors (Lipinski definition) is 6. The summed E-state index contributed by atoms with van der Waals surface area (Å²) < 4.78 is 15.2. The molecule has 1 heterocycles. The maximum Gasteiger partial charge on any atom is 0.341 e. The summed E-state index contributed by atoms with van der Waals surface area (Å²) in [5.74, 6) is -0.464. The number of esters is 2. The largest absolute Gasteiger partial charge is 0.465 e. The first-order chi connectivity index (χ1) is 12.8. The summed E-state index contributed by atoms with van der Waals surface area (Å²) in [7, 11) is 1.26. The molecule has 2 amide bonds. The Morgan fingerprint density at radius 3 is 2.52 bits per heavy atom. The molecule has 0 radical (unpaired) electrons. The van der Waals surface area contributed by atoms with Crippen molar-refractivity contribution >= 4 is 29.6 Å². The van der Waals surface area contributed by atoms with Crippen LogP contribution in [0.4, 0.5) is 4.79 Å². The topological polar surface area (TPSA) is 121 Å². The molecule has 3 N–H and O–H groups in total. The second-order valence-corrected chi connectivity index (χ2v) is 6.09. The van der Waals surface area contributed by atoms with E-state index in [1.165, 1.54) is 13.2 Å². The molecule has 1 aromatic carbocycles. The standard InChI is InChI=1S/C18H19ClN2O6/c1-10-14(17(23)25-2)7-13(27-10)9-26-16(22)8-15(21-18(20)24)11-3-5-12(19)6-4-11/h3-7,15H,8-9H2,1-2H3,(H3,20,21,24)/t15-/m1/s1. The lowest BCUT2D eigenvalue weighted by molar-refractivity contribution is -0.146. The second kappa shape index (κ2) is 9.09. The van der Waals surface area contributed by atoms with Gasteiger partial charge in [0.25, 0.3) is 0 Å². The summed E-state index contributed by atoms with van der Waals surface area (Å²) in [5, 5.41) is 3.01. The monoisotopic (exact) mass is 394 g/mol. The highest BCUT2D eigenvalue weighted by Crippen LogP contribution is 2.21. The number of urea groups is 1. The van der Waals surface area contributed by atoms with Crippen molar-refractivity contribution in [1.29, 1.82) is 0 Å². The smallest absolute Gasteiger partial charge is 0.341 e. The van der Waals surface area contributed by atoms with Crippen LogP contribution < -0.4 is 11.1 Å².